The van der Waals surface area contributed by atoms with Gasteiger partial charge in [-0.05, 0) is 106 Å². The van der Waals surface area contributed by atoms with Gasteiger partial charge in [-0.2, -0.15) is 0 Å². The first-order valence-corrected chi connectivity index (χ1v) is 28.5. The van der Waals surface area contributed by atoms with Crippen LogP contribution in [0.15, 0.2) is 60.7 Å². The summed E-state index contributed by atoms with van der Waals surface area (Å²) in [7, 11) is 0. The lowest BCUT2D eigenvalue weighted by Gasteiger charge is -2.32. The molecule has 442 valence electrons. The van der Waals surface area contributed by atoms with Crippen LogP contribution in [0.2, 0.25) is 0 Å². The zero-order valence-electron chi connectivity index (χ0n) is 48.2. The molecule has 0 radical (unpaired) electrons. The quantitative estimate of drug-likeness (QED) is 0.111. The topological polar surface area (TPSA) is 334 Å². The van der Waals surface area contributed by atoms with Crippen molar-refractivity contribution in [3.63, 3.8) is 0 Å². The summed E-state index contributed by atoms with van der Waals surface area (Å²) in [6.45, 7) is 16.1. The van der Waals surface area contributed by atoms with Crippen molar-refractivity contribution in [2.45, 2.75) is 187 Å². The molecule has 0 aliphatic carbocycles. The molecular weight excluding hydrogens is 1020 g/mol. The fraction of sp³-hybridized carbons (Fsp3) is 0.621. The smallest absolute Gasteiger partial charge is 0.246 e. The number of fused-ring (bicyclic) bond motifs is 1. The number of carbonyl (C=O) groups excluding carboxylic acids is 10. The van der Waals surface area contributed by atoms with E-state index in [9.17, 15) is 47.9 Å². The molecule has 2 aromatic carbocycles. The van der Waals surface area contributed by atoms with Gasteiger partial charge in [0.1, 0.15) is 60.4 Å². The highest BCUT2D eigenvalue weighted by Gasteiger charge is 2.41. The Kier molecular flexibility index (Phi) is 26.5. The van der Waals surface area contributed by atoms with Gasteiger partial charge >= 0.3 is 0 Å². The van der Waals surface area contributed by atoms with Crippen molar-refractivity contribution in [3.8, 4) is 0 Å². The van der Waals surface area contributed by atoms with Crippen LogP contribution >= 0.6 is 0 Å². The molecule has 13 N–H and O–H groups in total. The lowest BCUT2D eigenvalue weighted by molar-refractivity contribution is -0.143. The molecule has 0 saturated carbocycles. The van der Waals surface area contributed by atoms with E-state index in [-0.39, 0.29) is 76.4 Å². The number of hydrogen-bond donors (Lipinski definition) is 11. The Morgan fingerprint density at radius 3 is 1.25 bits per heavy atom. The second kappa shape index (κ2) is 32.3. The molecular formula is C58H90N12O10. The Balaban J connectivity index is 1.82. The van der Waals surface area contributed by atoms with Gasteiger partial charge in [-0.1, -0.05) is 116 Å². The van der Waals surface area contributed by atoms with Gasteiger partial charge in [0, 0.05) is 19.4 Å². The highest BCUT2D eigenvalue weighted by Crippen LogP contribution is 2.22. The Morgan fingerprint density at radius 1 is 0.450 bits per heavy atom. The van der Waals surface area contributed by atoms with Crippen LogP contribution in [-0.2, 0) is 60.8 Å². The Hall–Kier alpha value is -6.94. The first-order valence-electron chi connectivity index (χ1n) is 28.5. The van der Waals surface area contributed by atoms with Crippen LogP contribution in [0.1, 0.15) is 125 Å². The van der Waals surface area contributed by atoms with Crippen molar-refractivity contribution < 1.29 is 47.9 Å². The molecule has 2 aliphatic heterocycles. The Bertz CT molecular complexity index is 2410. The minimum atomic E-state index is -1.27. The number of amides is 10. The molecule has 22 heteroatoms. The summed E-state index contributed by atoms with van der Waals surface area (Å²) in [5.74, 6) is -8.24. The van der Waals surface area contributed by atoms with E-state index >= 15 is 0 Å². The summed E-state index contributed by atoms with van der Waals surface area (Å²) in [6, 6.07) is 5.75. The van der Waals surface area contributed by atoms with E-state index < -0.39 is 131 Å². The predicted octanol–water partition coefficient (Wildman–Crippen LogP) is 0.741. The van der Waals surface area contributed by atoms with Crippen molar-refractivity contribution in [2.75, 3.05) is 19.6 Å². The van der Waals surface area contributed by atoms with Crippen LogP contribution < -0.4 is 59.3 Å². The first-order chi connectivity index (χ1) is 37.9. The molecule has 0 bridgehead atoms. The van der Waals surface area contributed by atoms with E-state index in [0.717, 1.165) is 0 Å². The zero-order valence-corrected chi connectivity index (χ0v) is 48.2. The molecule has 2 fully saturated rings. The summed E-state index contributed by atoms with van der Waals surface area (Å²) in [4.78, 5) is 145. The number of nitrogens with zero attached hydrogens (tertiary/aromatic N) is 1. The van der Waals surface area contributed by atoms with E-state index in [2.05, 4.69) is 47.9 Å². The maximum atomic E-state index is 14.9. The monoisotopic (exact) mass is 1110 g/mol. The normalized spacial score (nSPS) is 26.1. The van der Waals surface area contributed by atoms with Crippen LogP contribution in [0.25, 0.3) is 0 Å². The number of rotatable bonds is 16. The number of benzene rings is 2. The number of hydrogen-bond acceptors (Lipinski definition) is 12. The Labute approximate surface area is 471 Å². The van der Waals surface area contributed by atoms with Crippen LogP contribution in [0, 0.1) is 23.7 Å². The predicted molar refractivity (Wildman–Crippen MR) is 303 cm³/mol. The van der Waals surface area contributed by atoms with Crippen LogP contribution in [0.3, 0.4) is 0 Å². The molecule has 10 amide bonds. The third-order valence-corrected chi connectivity index (χ3v) is 14.2. The molecule has 0 spiro atoms. The summed E-state index contributed by atoms with van der Waals surface area (Å²) in [5, 5.41) is 25.1. The molecule has 2 saturated heterocycles. The minimum absolute atomic E-state index is 0.0173. The van der Waals surface area contributed by atoms with E-state index in [1.165, 1.54) is 11.8 Å². The highest BCUT2D eigenvalue weighted by molar-refractivity contribution is 6.00. The van der Waals surface area contributed by atoms with E-state index in [4.69, 9.17) is 11.5 Å². The second-order valence-electron chi connectivity index (χ2n) is 22.7. The minimum Gasteiger partial charge on any atom is -0.343 e. The van der Waals surface area contributed by atoms with E-state index in [0.29, 0.717) is 30.4 Å². The first kappa shape index (κ1) is 65.6. The number of nitrogens with two attached hydrogens (primary N) is 2. The van der Waals surface area contributed by atoms with Gasteiger partial charge in [0.15, 0.2) is 0 Å². The highest BCUT2D eigenvalue weighted by atomic mass is 16.2. The summed E-state index contributed by atoms with van der Waals surface area (Å²) >= 11 is 0. The number of nitrogens with one attached hydrogen (secondary N) is 9. The van der Waals surface area contributed by atoms with Crippen LogP contribution in [-0.4, -0.2) is 144 Å². The summed E-state index contributed by atoms with van der Waals surface area (Å²) in [5.41, 5.74) is 13.2. The van der Waals surface area contributed by atoms with Crippen molar-refractivity contribution in [3.05, 3.63) is 71.8 Å². The third-order valence-electron chi connectivity index (χ3n) is 14.2. The van der Waals surface area contributed by atoms with Gasteiger partial charge < -0.3 is 64.2 Å². The molecule has 2 aromatic rings. The van der Waals surface area contributed by atoms with Crippen LogP contribution in [0.5, 0.6) is 0 Å². The van der Waals surface area contributed by atoms with Gasteiger partial charge in [-0.15, -0.1) is 0 Å². The molecule has 2 heterocycles. The molecule has 22 nitrogen and oxygen atoms in total. The lowest BCUT2D eigenvalue weighted by Crippen LogP contribution is -2.62. The average Bonchev–Trinajstić information content (AvgIpc) is 3.91. The van der Waals surface area contributed by atoms with Crippen LogP contribution in [0.4, 0.5) is 0 Å². The summed E-state index contributed by atoms with van der Waals surface area (Å²) in [6.07, 6.45) is 1.65. The molecule has 80 heavy (non-hydrogen) atoms. The fourth-order valence-corrected chi connectivity index (χ4v) is 9.79. The van der Waals surface area contributed by atoms with E-state index in [1.54, 1.807) is 82.3 Å². The van der Waals surface area contributed by atoms with Crippen molar-refractivity contribution in [1.29, 1.82) is 0 Å². The average molecular weight is 1120 g/mol. The van der Waals surface area contributed by atoms with Gasteiger partial charge in [0.2, 0.25) is 59.1 Å². The fourth-order valence-electron chi connectivity index (χ4n) is 9.79. The number of carbonyl (C=O) groups is 10. The van der Waals surface area contributed by atoms with E-state index in [1.807, 2.05) is 33.8 Å². The maximum absolute atomic E-state index is 14.9. The maximum Gasteiger partial charge on any atom is 0.246 e. The standard InChI is InChI=1S/C58H90N12O10/c1-33(2)29-42-53(75)66-44(31-38-19-12-10-13-20-38)52(74)61-37(9)49(71)68-47(35(5)6)56(78)62-40(23-16-26-59)51(73)65-43(30-34(3)4)54(76)67-45(32-39-21-14-11-15-22-39)58(80)70-28-18-25-46(70)55(77)69-48(36(7)8)57(79)63-41(24-17-27-60)50(72)64-42/h10-15,19-22,33-37,40-48H,16-18,23-32,59-60H2,1-9H3,(H,61,74)(H,62,78)(H,63,79)(H,64,72)(H,65,73)(H,66,75)(H,67,76)(H,68,71)(H,69,77)/t37-,40-,41-,42-,43-,44+,45+,46-,47-,48-/m0/s1. The zero-order chi connectivity index (χ0) is 59.2. The molecule has 10 atom stereocenters. The second-order valence-corrected chi connectivity index (χ2v) is 22.7. The summed E-state index contributed by atoms with van der Waals surface area (Å²) < 4.78 is 0. The van der Waals surface area contributed by atoms with Crippen molar-refractivity contribution in [2.24, 2.45) is 35.1 Å². The molecule has 4 rings (SSSR count). The third kappa shape index (κ3) is 20.3. The van der Waals surface area contributed by atoms with Gasteiger partial charge in [0.25, 0.3) is 0 Å². The van der Waals surface area contributed by atoms with Gasteiger partial charge in [-0.25, -0.2) is 0 Å². The molecule has 2 aliphatic rings. The Morgan fingerprint density at radius 2 is 0.825 bits per heavy atom. The lowest BCUT2D eigenvalue weighted by atomic mass is 9.99. The molecule has 0 unspecified atom stereocenters. The SMILES string of the molecule is CC(C)C[C@@H]1NC(=O)[C@H](CCCN)NC(=O)[C@H](C(C)C)NC(=O)[C@@H]2CCCN2C(=O)[C@@H](Cc2ccccc2)NC(=O)[C@H](CC(C)C)NC(=O)[C@H](CCCN)NC(=O)[C@H](C(C)C)NC(=O)[C@H](C)NC(=O)[C@@H](Cc2ccccc2)NC1=O. The van der Waals surface area contributed by atoms with Gasteiger partial charge in [-0.3, -0.25) is 47.9 Å². The molecule has 0 aromatic heterocycles. The van der Waals surface area contributed by atoms with Crippen molar-refractivity contribution in [1.82, 2.24) is 52.8 Å². The largest absolute Gasteiger partial charge is 0.343 e. The van der Waals surface area contributed by atoms with Crippen molar-refractivity contribution >= 4 is 59.1 Å². The van der Waals surface area contributed by atoms with Gasteiger partial charge in [0.05, 0.1) is 0 Å².